The zero-order valence-electron chi connectivity index (χ0n) is 25.1. The summed E-state index contributed by atoms with van der Waals surface area (Å²) in [6.45, 7) is 22.7. The zero-order chi connectivity index (χ0) is 28.5. The van der Waals surface area contributed by atoms with Crippen LogP contribution in [0.1, 0.15) is 78.2 Å². The molecule has 0 radical (unpaired) electrons. The van der Waals surface area contributed by atoms with Gasteiger partial charge < -0.3 is 19.4 Å². The molecule has 0 saturated heterocycles. The van der Waals surface area contributed by atoms with Crippen molar-refractivity contribution in [2.75, 3.05) is 6.54 Å². The van der Waals surface area contributed by atoms with E-state index in [1.54, 1.807) is 6.07 Å². The van der Waals surface area contributed by atoms with E-state index in [2.05, 4.69) is 92.0 Å². The molecule has 0 bridgehead atoms. The molecule has 0 aliphatic heterocycles. The smallest absolute Gasteiger partial charge is 0.251 e. The molecule has 3 aromatic rings. The molecule has 208 valence electrons. The Labute approximate surface area is 230 Å². The molecular formula is C32H48N2O3Si. The van der Waals surface area contributed by atoms with Crippen molar-refractivity contribution < 1.29 is 9.53 Å². The summed E-state index contributed by atoms with van der Waals surface area (Å²) in [4.78, 5) is 12.9. The van der Waals surface area contributed by atoms with Crippen LogP contribution in [0.3, 0.4) is 0 Å². The van der Waals surface area contributed by atoms with Gasteiger partial charge in [-0.1, -0.05) is 57.2 Å². The predicted molar refractivity (Wildman–Crippen MR) is 162 cm³/mol. The Hall–Kier alpha value is -2.25. The van der Waals surface area contributed by atoms with Gasteiger partial charge in [-0.3, -0.25) is 4.79 Å². The average molecular weight is 537 g/mol. The number of fused-ring (bicyclic) bond motifs is 1. The molecule has 0 aliphatic carbocycles. The summed E-state index contributed by atoms with van der Waals surface area (Å²) in [5, 5.41) is 14.5. The maximum absolute atomic E-state index is 12.9. The van der Waals surface area contributed by atoms with Crippen molar-refractivity contribution in [3.8, 4) is 0 Å². The van der Waals surface area contributed by atoms with Crippen LogP contribution in [0.4, 0.5) is 0 Å². The molecule has 0 aliphatic rings. The third kappa shape index (κ3) is 7.03. The summed E-state index contributed by atoms with van der Waals surface area (Å²) in [6.07, 6.45) is 0.654. The first-order valence-electron chi connectivity index (χ1n) is 13.7. The van der Waals surface area contributed by atoms with Crippen LogP contribution < -0.4 is 10.9 Å². The van der Waals surface area contributed by atoms with Gasteiger partial charge in [-0.25, -0.2) is 0 Å². The normalized spacial score (nSPS) is 14.2. The Bertz CT molecular complexity index is 1310. The summed E-state index contributed by atoms with van der Waals surface area (Å²) < 4.78 is 8.98. The maximum Gasteiger partial charge on any atom is 0.251 e. The van der Waals surface area contributed by atoms with E-state index >= 15 is 0 Å². The van der Waals surface area contributed by atoms with Gasteiger partial charge in [0.25, 0.3) is 5.56 Å². The third-order valence-corrected chi connectivity index (χ3v) is 12.3. The highest BCUT2D eigenvalue weighted by atomic mass is 28.4. The van der Waals surface area contributed by atoms with E-state index in [4.69, 9.17) is 4.43 Å². The van der Waals surface area contributed by atoms with Gasteiger partial charge in [0.2, 0.25) is 0 Å². The molecule has 1 heterocycles. The van der Waals surface area contributed by atoms with Crippen LogP contribution in [0.5, 0.6) is 0 Å². The summed E-state index contributed by atoms with van der Waals surface area (Å²) in [6, 6.07) is 18.0. The fourth-order valence-electron chi connectivity index (χ4n) is 4.79. The van der Waals surface area contributed by atoms with Crippen LogP contribution in [0.15, 0.2) is 59.4 Å². The average Bonchev–Trinajstić information content (AvgIpc) is 2.79. The first kappa shape index (κ1) is 30.3. The van der Waals surface area contributed by atoms with Crippen molar-refractivity contribution >= 4 is 19.2 Å². The monoisotopic (exact) mass is 536 g/mol. The van der Waals surface area contributed by atoms with E-state index in [0.29, 0.717) is 6.54 Å². The van der Waals surface area contributed by atoms with E-state index in [1.165, 1.54) is 5.56 Å². The van der Waals surface area contributed by atoms with Crippen molar-refractivity contribution in [2.45, 2.75) is 104 Å². The quantitative estimate of drug-likeness (QED) is 0.291. The van der Waals surface area contributed by atoms with Gasteiger partial charge in [0.05, 0.1) is 18.2 Å². The Morgan fingerprint density at radius 1 is 0.921 bits per heavy atom. The molecular weight excluding hydrogens is 488 g/mol. The first-order chi connectivity index (χ1) is 17.4. The van der Waals surface area contributed by atoms with E-state index in [9.17, 15) is 9.90 Å². The first-order valence-corrected chi connectivity index (χ1v) is 16.6. The molecule has 1 atom stereocenters. The van der Waals surface area contributed by atoms with Crippen LogP contribution in [0.25, 0.3) is 10.9 Å². The van der Waals surface area contributed by atoms with Crippen molar-refractivity contribution in [1.82, 2.24) is 9.88 Å². The summed E-state index contributed by atoms with van der Waals surface area (Å²) in [5.74, 6) is 0. The molecule has 6 heteroatoms. The number of nitrogens with one attached hydrogen (secondary N) is 1. The second kappa shape index (κ2) is 11.1. The van der Waals surface area contributed by atoms with Crippen LogP contribution in [0, 0.1) is 0 Å². The Morgan fingerprint density at radius 3 is 2.16 bits per heavy atom. The highest BCUT2D eigenvalue weighted by Crippen LogP contribution is 2.41. The number of hydrogen-bond donors (Lipinski definition) is 2. The summed E-state index contributed by atoms with van der Waals surface area (Å²) in [5.41, 5.74) is 3.64. The van der Waals surface area contributed by atoms with E-state index in [0.717, 1.165) is 28.5 Å². The van der Waals surface area contributed by atoms with Crippen LogP contribution in [-0.2, 0) is 23.0 Å². The molecule has 0 amide bonds. The number of aliphatic hydroxyl groups excluding tert-OH is 1. The molecule has 2 aromatic carbocycles. The minimum Gasteiger partial charge on any atom is -0.409 e. The third-order valence-electron chi connectivity index (χ3n) is 7.82. The van der Waals surface area contributed by atoms with Crippen molar-refractivity contribution in [3.05, 3.63) is 81.6 Å². The molecule has 0 fully saturated rings. The fraction of sp³-hybridized carbons (Fsp3) is 0.531. The highest BCUT2D eigenvalue weighted by molar-refractivity contribution is 6.74. The molecule has 0 unspecified atom stereocenters. The number of aliphatic hydroxyl groups is 1. The molecule has 3 rings (SSSR count). The standard InChI is InChI=1S/C32H48N2O3Si/c1-30(2,3)34-27-16-12-15-26(25(27)17-18-29(34)36)28(37-38(9,10)31(4,5)6)21-33-32(7,8)20-23-13-11-14-24(19-23)22-35/h11-19,28,33,35H,20-22H2,1-10H3/t28-/m0/s1. The predicted octanol–water partition coefficient (Wildman–Crippen LogP) is 6.92. The molecule has 2 N–H and O–H groups in total. The van der Waals surface area contributed by atoms with E-state index in [1.807, 2.05) is 34.9 Å². The lowest BCUT2D eigenvalue weighted by molar-refractivity contribution is 0.168. The number of hydrogen-bond acceptors (Lipinski definition) is 4. The van der Waals surface area contributed by atoms with E-state index < -0.39 is 8.32 Å². The molecule has 0 spiro atoms. The van der Waals surface area contributed by atoms with Gasteiger partial charge >= 0.3 is 0 Å². The van der Waals surface area contributed by atoms with Crippen LogP contribution >= 0.6 is 0 Å². The van der Waals surface area contributed by atoms with Crippen molar-refractivity contribution in [2.24, 2.45) is 0 Å². The lowest BCUT2D eigenvalue weighted by atomic mass is 9.93. The number of benzene rings is 2. The molecule has 1 aromatic heterocycles. The number of rotatable bonds is 9. The van der Waals surface area contributed by atoms with Gasteiger partial charge in [-0.15, -0.1) is 0 Å². The lowest BCUT2D eigenvalue weighted by Crippen LogP contribution is -2.47. The molecule has 38 heavy (non-hydrogen) atoms. The largest absolute Gasteiger partial charge is 0.409 e. The summed E-state index contributed by atoms with van der Waals surface area (Å²) >= 11 is 0. The van der Waals surface area contributed by atoms with Crippen molar-refractivity contribution in [3.63, 3.8) is 0 Å². The van der Waals surface area contributed by atoms with Gasteiger partial charge in [-0.05, 0) is 88.0 Å². The van der Waals surface area contributed by atoms with Crippen LogP contribution in [0.2, 0.25) is 18.1 Å². The zero-order valence-corrected chi connectivity index (χ0v) is 26.1. The maximum atomic E-state index is 12.9. The number of pyridine rings is 1. The number of nitrogens with zero attached hydrogens (tertiary/aromatic N) is 1. The second-order valence-corrected chi connectivity index (χ2v) is 18.5. The minimum atomic E-state index is -2.12. The molecule has 0 saturated carbocycles. The summed E-state index contributed by atoms with van der Waals surface area (Å²) in [7, 11) is -2.12. The Morgan fingerprint density at radius 2 is 1.55 bits per heavy atom. The van der Waals surface area contributed by atoms with Gasteiger partial charge in [0.15, 0.2) is 8.32 Å². The lowest BCUT2D eigenvalue weighted by Gasteiger charge is -2.40. The van der Waals surface area contributed by atoms with Crippen LogP contribution in [-0.4, -0.2) is 30.1 Å². The van der Waals surface area contributed by atoms with E-state index in [-0.39, 0.29) is 34.4 Å². The second-order valence-electron chi connectivity index (χ2n) is 13.7. The Kier molecular flexibility index (Phi) is 8.84. The SMILES string of the molecule is CC(C)(Cc1cccc(CO)c1)NC[C@H](O[Si](C)(C)C(C)(C)C)c1cccc2c1ccc(=O)n2C(C)(C)C. The van der Waals surface area contributed by atoms with Crippen molar-refractivity contribution in [1.29, 1.82) is 0 Å². The topological polar surface area (TPSA) is 63.5 Å². The highest BCUT2D eigenvalue weighted by Gasteiger charge is 2.40. The van der Waals surface area contributed by atoms with Gasteiger partial charge in [0.1, 0.15) is 0 Å². The molecule has 5 nitrogen and oxygen atoms in total. The van der Waals surface area contributed by atoms with Gasteiger partial charge in [-0.2, -0.15) is 0 Å². The van der Waals surface area contributed by atoms with Gasteiger partial charge in [0, 0.05) is 29.1 Å². The fourth-order valence-corrected chi connectivity index (χ4v) is 6.07. The number of aromatic nitrogens is 1. The minimum absolute atomic E-state index is 0.00776. The Balaban J connectivity index is 2.03.